The normalized spacial score (nSPS) is 10.3. The molecule has 2 rings (SSSR count). The van der Waals surface area contributed by atoms with Crippen LogP contribution in [0.3, 0.4) is 0 Å². The Morgan fingerprint density at radius 2 is 2.07 bits per heavy atom. The molecular weight excluding hydrogens is 228 g/mol. The predicted molar refractivity (Wildman–Crippen MR) is 64.9 cm³/mol. The van der Waals surface area contributed by atoms with Crippen molar-refractivity contribution < 1.29 is 4.79 Å². The molecule has 0 N–H and O–H groups in total. The lowest BCUT2D eigenvalue weighted by atomic mass is 10.1. The van der Waals surface area contributed by atoms with E-state index in [0.29, 0.717) is 10.6 Å². The molecule has 1 aromatic carbocycles. The molecule has 0 fully saturated rings. The summed E-state index contributed by atoms with van der Waals surface area (Å²) in [4.78, 5) is 11.8. The summed E-state index contributed by atoms with van der Waals surface area (Å²) in [6, 6.07) is 7.41. The lowest BCUT2D eigenvalue weighted by Gasteiger charge is -2.03. The average Bonchev–Trinajstić information content (AvgIpc) is 2.64. The number of rotatable bonds is 2. The van der Waals surface area contributed by atoms with Crippen LogP contribution < -0.4 is 0 Å². The number of benzene rings is 1. The molecule has 0 aliphatic heterocycles. The van der Waals surface area contributed by atoms with Crippen molar-refractivity contribution in [2.75, 3.05) is 0 Å². The quantitative estimate of drug-likeness (QED) is 0.715. The number of hydrogen-bond acceptors (Lipinski definition) is 2. The molecule has 0 unspecified atom stereocenters. The third kappa shape index (κ3) is 1.96. The van der Waals surface area contributed by atoms with E-state index in [4.69, 9.17) is 11.6 Å². The zero-order chi connectivity index (χ0) is 10.8. The van der Waals surface area contributed by atoms with Gasteiger partial charge in [-0.2, -0.15) is 0 Å². The van der Waals surface area contributed by atoms with Crippen LogP contribution in [0.1, 0.15) is 15.2 Å². The number of aldehydes is 1. The Labute approximate surface area is 97.3 Å². The van der Waals surface area contributed by atoms with Gasteiger partial charge in [-0.25, -0.2) is 0 Å². The van der Waals surface area contributed by atoms with Gasteiger partial charge in [-0.15, -0.1) is 11.3 Å². The molecule has 0 spiro atoms. The molecule has 1 nitrogen and oxygen atoms in total. The van der Waals surface area contributed by atoms with E-state index in [0.717, 1.165) is 17.4 Å². The summed E-state index contributed by atoms with van der Waals surface area (Å²) < 4.78 is 0. The van der Waals surface area contributed by atoms with Crippen LogP contribution in [0, 0.1) is 6.92 Å². The van der Waals surface area contributed by atoms with Gasteiger partial charge < -0.3 is 0 Å². The summed E-state index contributed by atoms with van der Waals surface area (Å²) in [6.07, 6.45) is 0.802. The Balaban J connectivity index is 2.55. The monoisotopic (exact) mass is 236 g/mol. The molecule has 0 saturated heterocycles. The first-order chi connectivity index (χ1) is 7.22. The highest BCUT2D eigenvalue weighted by atomic mass is 35.5. The van der Waals surface area contributed by atoms with Crippen molar-refractivity contribution in [1.29, 1.82) is 0 Å². The maximum absolute atomic E-state index is 10.6. The van der Waals surface area contributed by atoms with Gasteiger partial charge in [0.2, 0.25) is 0 Å². The number of carbonyl (C=O) groups excluding carboxylic acids is 1. The Morgan fingerprint density at radius 1 is 1.27 bits per heavy atom. The Kier molecular flexibility index (Phi) is 2.89. The van der Waals surface area contributed by atoms with Crippen molar-refractivity contribution in [2.24, 2.45) is 0 Å². The summed E-state index contributed by atoms with van der Waals surface area (Å²) in [5.41, 5.74) is 2.74. The van der Waals surface area contributed by atoms with E-state index in [2.05, 4.69) is 6.92 Å². The predicted octanol–water partition coefficient (Wildman–Crippen LogP) is 4.19. The SMILES string of the molecule is Cc1sccc1-c1ccc(C=O)cc1Cl. The smallest absolute Gasteiger partial charge is 0.150 e. The highest BCUT2D eigenvalue weighted by Crippen LogP contribution is 2.33. The number of aryl methyl sites for hydroxylation is 1. The molecular formula is C12H9ClOS. The molecule has 0 aliphatic rings. The molecule has 0 atom stereocenters. The number of thiophene rings is 1. The summed E-state index contributed by atoms with van der Waals surface area (Å²) in [5, 5.41) is 2.66. The third-order valence-electron chi connectivity index (χ3n) is 2.28. The molecule has 15 heavy (non-hydrogen) atoms. The van der Waals surface area contributed by atoms with Crippen LogP contribution in [0.2, 0.25) is 5.02 Å². The lowest BCUT2D eigenvalue weighted by molar-refractivity contribution is 0.112. The second-order valence-corrected chi connectivity index (χ2v) is 4.78. The fraction of sp³-hybridized carbons (Fsp3) is 0.0833. The van der Waals surface area contributed by atoms with Gasteiger partial charge in [-0.1, -0.05) is 23.7 Å². The van der Waals surface area contributed by atoms with E-state index in [-0.39, 0.29) is 0 Å². The van der Waals surface area contributed by atoms with Crippen LogP contribution in [0.15, 0.2) is 29.6 Å². The minimum absolute atomic E-state index is 0.608. The maximum Gasteiger partial charge on any atom is 0.150 e. The first-order valence-electron chi connectivity index (χ1n) is 4.51. The van der Waals surface area contributed by atoms with Crippen LogP contribution in [0.25, 0.3) is 11.1 Å². The van der Waals surface area contributed by atoms with Gasteiger partial charge in [0.25, 0.3) is 0 Å². The second kappa shape index (κ2) is 4.17. The first kappa shape index (κ1) is 10.4. The summed E-state index contributed by atoms with van der Waals surface area (Å²) in [5.74, 6) is 0. The number of carbonyl (C=O) groups is 1. The van der Waals surface area contributed by atoms with Gasteiger partial charge in [0.15, 0.2) is 0 Å². The van der Waals surface area contributed by atoms with Crippen LogP contribution in [-0.2, 0) is 0 Å². The van der Waals surface area contributed by atoms with E-state index in [1.165, 1.54) is 4.88 Å². The van der Waals surface area contributed by atoms with Crippen molar-refractivity contribution >= 4 is 29.2 Å². The van der Waals surface area contributed by atoms with Crippen molar-refractivity contribution in [3.05, 3.63) is 45.1 Å². The van der Waals surface area contributed by atoms with Crippen molar-refractivity contribution in [2.45, 2.75) is 6.92 Å². The van der Waals surface area contributed by atoms with Gasteiger partial charge in [0.05, 0.1) is 0 Å². The maximum atomic E-state index is 10.6. The summed E-state index contributed by atoms with van der Waals surface area (Å²) in [7, 11) is 0. The van der Waals surface area contributed by atoms with Crippen LogP contribution in [0.4, 0.5) is 0 Å². The highest BCUT2D eigenvalue weighted by Gasteiger charge is 2.07. The Bertz CT molecular complexity index is 502. The van der Waals surface area contributed by atoms with Gasteiger partial charge in [0, 0.05) is 21.0 Å². The minimum Gasteiger partial charge on any atom is -0.298 e. The summed E-state index contributed by atoms with van der Waals surface area (Å²) >= 11 is 7.81. The largest absolute Gasteiger partial charge is 0.298 e. The Hall–Kier alpha value is -1.12. The van der Waals surface area contributed by atoms with Crippen LogP contribution in [-0.4, -0.2) is 6.29 Å². The highest BCUT2D eigenvalue weighted by molar-refractivity contribution is 7.10. The molecule has 0 radical (unpaired) electrons. The van der Waals surface area contributed by atoms with Crippen molar-refractivity contribution in [3.8, 4) is 11.1 Å². The molecule has 0 amide bonds. The fourth-order valence-corrected chi connectivity index (χ4v) is 2.49. The van der Waals surface area contributed by atoms with Crippen molar-refractivity contribution in [3.63, 3.8) is 0 Å². The lowest BCUT2D eigenvalue weighted by Crippen LogP contribution is -1.83. The van der Waals surface area contributed by atoms with E-state index >= 15 is 0 Å². The average molecular weight is 237 g/mol. The standard InChI is InChI=1S/C12H9ClOS/c1-8-10(4-5-15-8)11-3-2-9(7-14)6-12(11)13/h2-7H,1H3. The topological polar surface area (TPSA) is 17.1 Å². The van der Waals surface area contributed by atoms with Gasteiger partial charge in [-0.3, -0.25) is 4.79 Å². The zero-order valence-electron chi connectivity index (χ0n) is 8.16. The molecule has 0 saturated carbocycles. The zero-order valence-corrected chi connectivity index (χ0v) is 9.73. The first-order valence-corrected chi connectivity index (χ1v) is 5.77. The van der Waals surface area contributed by atoms with Gasteiger partial charge in [-0.05, 0) is 30.0 Å². The summed E-state index contributed by atoms with van der Waals surface area (Å²) in [6.45, 7) is 2.06. The molecule has 1 heterocycles. The fourth-order valence-electron chi connectivity index (χ4n) is 1.49. The molecule has 76 valence electrons. The Morgan fingerprint density at radius 3 is 2.60 bits per heavy atom. The minimum atomic E-state index is 0.608. The number of hydrogen-bond donors (Lipinski definition) is 0. The molecule has 0 bridgehead atoms. The number of halogens is 1. The van der Waals surface area contributed by atoms with Crippen LogP contribution >= 0.6 is 22.9 Å². The molecule has 3 heteroatoms. The van der Waals surface area contributed by atoms with Gasteiger partial charge >= 0.3 is 0 Å². The van der Waals surface area contributed by atoms with E-state index in [1.54, 1.807) is 23.5 Å². The molecule has 1 aromatic heterocycles. The van der Waals surface area contributed by atoms with E-state index in [9.17, 15) is 4.79 Å². The molecule has 0 aliphatic carbocycles. The third-order valence-corrected chi connectivity index (χ3v) is 3.44. The van der Waals surface area contributed by atoms with Crippen LogP contribution in [0.5, 0.6) is 0 Å². The van der Waals surface area contributed by atoms with Crippen molar-refractivity contribution in [1.82, 2.24) is 0 Å². The second-order valence-electron chi connectivity index (χ2n) is 3.25. The van der Waals surface area contributed by atoms with E-state index < -0.39 is 0 Å². The van der Waals surface area contributed by atoms with E-state index in [1.807, 2.05) is 17.5 Å². The van der Waals surface area contributed by atoms with Gasteiger partial charge in [0.1, 0.15) is 6.29 Å². The molecule has 2 aromatic rings.